The van der Waals surface area contributed by atoms with E-state index in [2.05, 4.69) is 29.4 Å². The van der Waals surface area contributed by atoms with E-state index in [1.807, 2.05) is 0 Å². The van der Waals surface area contributed by atoms with Crippen LogP contribution in [-0.4, -0.2) is 41.9 Å². The lowest BCUT2D eigenvalue weighted by molar-refractivity contribution is 0.182. The molecule has 3 atom stereocenters. The standard InChI is InChI=1S/C10H18N2O/c1-12-9-5-3-2-4-8(9)11-10(12)6-7-13/h2-3,8-11,13H,4-7H2,1H3. The number of aliphatic hydroxyl groups excluding tert-OH is 1. The molecule has 1 saturated heterocycles. The van der Waals surface area contributed by atoms with Gasteiger partial charge in [-0.2, -0.15) is 0 Å². The third kappa shape index (κ3) is 1.64. The lowest BCUT2D eigenvalue weighted by Crippen LogP contribution is -2.36. The van der Waals surface area contributed by atoms with Crippen molar-refractivity contribution in [3.8, 4) is 0 Å². The van der Waals surface area contributed by atoms with Crippen LogP contribution in [0.5, 0.6) is 0 Å². The first-order valence-corrected chi connectivity index (χ1v) is 5.07. The molecule has 0 aromatic heterocycles. The normalized spacial score (nSPS) is 39.4. The van der Waals surface area contributed by atoms with E-state index in [0.29, 0.717) is 18.2 Å². The molecule has 0 amide bonds. The first kappa shape index (κ1) is 9.19. The van der Waals surface area contributed by atoms with Crippen LogP contribution in [0.25, 0.3) is 0 Å². The lowest BCUT2D eigenvalue weighted by atomic mass is 9.97. The van der Waals surface area contributed by atoms with Gasteiger partial charge < -0.3 is 5.11 Å². The second-order valence-electron chi connectivity index (χ2n) is 3.98. The Labute approximate surface area is 79.4 Å². The molecule has 0 spiro atoms. The fraction of sp³-hybridized carbons (Fsp3) is 0.800. The summed E-state index contributed by atoms with van der Waals surface area (Å²) in [7, 11) is 2.15. The highest BCUT2D eigenvalue weighted by atomic mass is 16.3. The van der Waals surface area contributed by atoms with Crippen LogP contribution in [0.3, 0.4) is 0 Å². The van der Waals surface area contributed by atoms with Crippen molar-refractivity contribution in [1.82, 2.24) is 10.2 Å². The first-order chi connectivity index (χ1) is 6.33. The van der Waals surface area contributed by atoms with Crippen molar-refractivity contribution < 1.29 is 5.11 Å². The molecular formula is C10H18N2O. The maximum absolute atomic E-state index is 8.90. The zero-order valence-electron chi connectivity index (χ0n) is 8.11. The summed E-state index contributed by atoms with van der Waals surface area (Å²) < 4.78 is 0. The smallest absolute Gasteiger partial charge is 0.0622 e. The van der Waals surface area contributed by atoms with E-state index in [1.165, 1.54) is 0 Å². The van der Waals surface area contributed by atoms with E-state index >= 15 is 0 Å². The number of nitrogens with zero attached hydrogens (tertiary/aromatic N) is 1. The second-order valence-corrected chi connectivity index (χ2v) is 3.98. The number of hydrogen-bond acceptors (Lipinski definition) is 3. The van der Waals surface area contributed by atoms with Gasteiger partial charge in [0.05, 0.1) is 6.17 Å². The predicted molar refractivity (Wildman–Crippen MR) is 52.3 cm³/mol. The Hall–Kier alpha value is -0.380. The molecule has 3 heteroatoms. The average Bonchev–Trinajstić information content (AvgIpc) is 2.46. The maximum atomic E-state index is 8.90. The minimum Gasteiger partial charge on any atom is -0.396 e. The van der Waals surface area contributed by atoms with Crippen LogP contribution in [0.15, 0.2) is 12.2 Å². The van der Waals surface area contributed by atoms with Gasteiger partial charge in [0.15, 0.2) is 0 Å². The van der Waals surface area contributed by atoms with Crippen LogP contribution in [0.1, 0.15) is 19.3 Å². The second kappa shape index (κ2) is 3.78. The van der Waals surface area contributed by atoms with Gasteiger partial charge in [-0.05, 0) is 26.3 Å². The zero-order valence-corrected chi connectivity index (χ0v) is 8.11. The van der Waals surface area contributed by atoms with Crippen LogP contribution in [0.4, 0.5) is 0 Å². The Morgan fingerprint density at radius 1 is 1.46 bits per heavy atom. The highest BCUT2D eigenvalue weighted by Crippen LogP contribution is 2.25. The third-order valence-corrected chi connectivity index (χ3v) is 3.22. The highest BCUT2D eigenvalue weighted by molar-refractivity contribution is 5.06. The van der Waals surface area contributed by atoms with Crippen molar-refractivity contribution in [2.45, 2.75) is 37.5 Å². The van der Waals surface area contributed by atoms with E-state index < -0.39 is 0 Å². The van der Waals surface area contributed by atoms with Gasteiger partial charge in [0.1, 0.15) is 0 Å². The number of likely N-dealkylation sites (N-methyl/N-ethyl adjacent to an activating group) is 1. The summed E-state index contributed by atoms with van der Waals surface area (Å²) in [5.74, 6) is 0. The quantitative estimate of drug-likeness (QED) is 0.604. The van der Waals surface area contributed by atoms with Crippen molar-refractivity contribution in [2.24, 2.45) is 0 Å². The molecule has 3 nitrogen and oxygen atoms in total. The fourth-order valence-corrected chi connectivity index (χ4v) is 2.43. The molecule has 2 rings (SSSR count). The molecule has 0 aromatic carbocycles. The molecular weight excluding hydrogens is 164 g/mol. The fourth-order valence-electron chi connectivity index (χ4n) is 2.43. The predicted octanol–water partition coefficient (Wildman–Crippen LogP) is 0.317. The molecule has 74 valence electrons. The van der Waals surface area contributed by atoms with Gasteiger partial charge in [0.2, 0.25) is 0 Å². The Morgan fingerprint density at radius 2 is 2.23 bits per heavy atom. The monoisotopic (exact) mass is 182 g/mol. The van der Waals surface area contributed by atoms with Gasteiger partial charge in [0, 0.05) is 18.7 Å². The molecule has 0 saturated carbocycles. The van der Waals surface area contributed by atoms with Crippen LogP contribution in [0.2, 0.25) is 0 Å². The van der Waals surface area contributed by atoms with Crippen LogP contribution < -0.4 is 5.32 Å². The van der Waals surface area contributed by atoms with Crippen molar-refractivity contribution >= 4 is 0 Å². The summed E-state index contributed by atoms with van der Waals surface area (Å²) in [6.45, 7) is 0.273. The topological polar surface area (TPSA) is 35.5 Å². The number of rotatable bonds is 2. The van der Waals surface area contributed by atoms with Crippen molar-refractivity contribution in [3.63, 3.8) is 0 Å². The molecule has 13 heavy (non-hydrogen) atoms. The van der Waals surface area contributed by atoms with Crippen LogP contribution in [0, 0.1) is 0 Å². The number of hydrogen-bond donors (Lipinski definition) is 2. The average molecular weight is 182 g/mol. The maximum Gasteiger partial charge on any atom is 0.0622 e. The van der Waals surface area contributed by atoms with Crippen molar-refractivity contribution in [1.29, 1.82) is 0 Å². The first-order valence-electron chi connectivity index (χ1n) is 5.07. The Kier molecular flexibility index (Phi) is 2.67. The molecule has 0 aromatic rings. The Morgan fingerprint density at radius 3 is 2.92 bits per heavy atom. The van der Waals surface area contributed by atoms with Gasteiger partial charge in [-0.3, -0.25) is 10.2 Å². The highest BCUT2D eigenvalue weighted by Gasteiger charge is 2.37. The van der Waals surface area contributed by atoms with Crippen LogP contribution >= 0.6 is 0 Å². The summed E-state index contributed by atoms with van der Waals surface area (Å²) in [5, 5.41) is 12.5. The van der Waals surface area contributed by atoms with Gasteiger partial charge >= 0.3 is 0 Å². The zero-order chi connectivity index (χ0) is 9.26. The van der Waals surface area contributed by atoms with E-state index in [4.69, 9.17) is 5.11 Å². The van der Waals surface area contributed by atoms with Gasteiger partial charge in [-0.25, -0.2) is 0 Å². The SMILES string of the molecule is CN1C(CCO)NC2CC=CCC21. The molecule has 1 aliphatic carbocycles. The molecule has 1 fully saturated rings. The van der Waals surface area contributed by atoms with E-state index in [9.17, 15) is 0 Å². The summed E-state index contributed by atoms with van der Waals surface area (Å²) in [5.41, 5.74) is 0. The molecule has 0 radical (unpaired) electrons. The molecule has 1 heterocycles. The summed E-state index contributed by atoms with van der Waals surface area (Å²) in [4.78, 5) is 2.37. The molecule has 0 bridgehead atoms. The largest absolute Gasteiger partial charge is 0.396 e. The van der Waals surface area contributed by atoms with Gasteiger partial charge in [-0.1, -0.05) is 12.2 Å². The number of nitrogens with one attached hydrogen (secondary N) is 1. The minimum atomic E-state index is 0.273. The number of aliphatic hydroxyl groups is 1. The third-order valence-electron chi connectivity index (χ3n) is 3.22. The molecule has 3 unspecified atom stereocenters. The van der Waals surface area contributed by atoms with E-state index in [0.717, 1.165) is 19.3 Å². The lowest BCUT2D eigenvalue weighted by Gasteiger charge is -2.26. The van der Waals surface area contributed by atoms with Crippen LogP contribution in [-0.2, 0) is 0 Å². The molecule has 1 aliphatic heterocycles. The summed E-state index contributed by atoms with van der Waals surface area (Å²) in [6.07, 6.45) is 8.01. The Balaban J connectivity index is 2.00. The van der Waals surface area contributed by atoms with Gasteiger partial charge in [-0.15, -0.1) is 0 Å². The summed E-state index contributed by atoms with van der Waals surface area (Å²) in [6, 6.07) is 1.24. The summed E-state index contributed by atoms with van der Waals surface area (Å²) >= 11 is 0. The van der Waals surface area contributed by atoms with Crippen molar-refractivity contribution in [3.05, 3.63) is 12.2 Å². The van der Waals surface area contributed by atoms with Crippen molar-refractivity contribution in [2.75, 3.05) is 13.7 Å². The van der Waals surface area contributed by atoms with E-state index in [1.54, 1.807) is 0 Å². The molecule has 2 aliphatic rings. The van der Waals surface area contributed by atoms with E-state index in [-0.39, 0.29) is 6.61 Å². The minimum absolute atomic E-state index is 0.273. The van der Waals surface area contributed by atoms with Gasteiger partial charge in [0.25, 0.3) is 0 Å². The number of fused-ring (bicyclic) bond motifs is 1. The molecule has 2 N–H and O–H groups in total. The Bertz CT molecular complexity index is 205.